The van der Waals surface area contributed by atoms with Crippen molar-refractivity contribution in [3.8, 4) is 0 Å². The molecule has 0 aliphatic heterocycles. The topological polar surface area (TPSA) is 67.2 Å². The Kier molecular flexibility index (Phi) is 5.42. The highest BCUT2D eigenvalue weighted by molar-refractivity contribution is 6.00. The van der Waals surface area contributed by atoms with E-state index < -0.39 is 0 Å². The van der Waals surface area contributed by atoms with E-state index in [2.05, 4.69) is 41.8 Å². The maximum Gasteiger partial charge on any atom is 0.253 e. The van der Waals surface area contributed by atoms with E-state index in [1.165, 1.54) is 5.56 Å². The summed E-state index contributed by atoms with van der Waals surface area (Å²) in [6.45, 7) is 2.12. The number of nitrogen functional groups attached to an aromatic ring is 1. The Labute approximate surface area is 131 Å². The van der Waals surface area contributed by atoms with Gasteiger partial charge in [0, 0.05) is 24.5 Å². The molecule has 1 unspecified atom stereocenters. The van der Waals surface area contributed by atoms with Crippen molar-refractivity contribution in [3.05, 3.63) is 59.7 Å². The number of aryl methyl sites for hydroxylation is 1. The van der Waals surface area contributed by atoms with Gasteiger partial charge >= 0.3 is 0 Å². The molecule has 0 heterocycles. The van der Waals surface area contributed by atoms with E-state index >= 15 is 0 Å². The largest absolute Gasteiger partial charge is 0.399 e. The molecule has 22 heavy (non-hydrogen) atoms. The number of carbonyl (C=O) groups excluding carboxylic acids is 1. The average molecular weight is 297 g/mol. The molecule has 116 valence electrons. The van der Waals surface area contributed by atoms with Crippen molar-refractivity contribution < 1.29 is 4.79 Å². The summed E-state index contributed by atoms with van der Waals surface area (Å²) in [5.41, 5.74) is 9.07. The quantitative estimate of drug-likeness (QED) is 0.718. The second-order valence-corrected chi connectivity index (χ2v) is 5.45. The molecule has 0 saturated carbocycles. The first-order valence-corrected chi connectivity index (χ1v) is 7.52. The van der Waals surface area contributed by atoms with Gasteiger partial charge in [-0.25, -0.2) is 0 Å². The molecule has 2 aromatic carbocycles. The maximum atomic E-state index is 11.9. The van der Waals surface area contributed by atoms with Crippen LogP contribution in [-0.2, 0) is 6.42 Å². The van der Waals surface area contributed by atoms with Crippen LogP contribution in [0, 0.1) is 0 Å². The average Bonchev–Trinajstić information content (AvgIpc) is 2.55. The SMILES string of the molecule is CNC(=O)c1cc(N)ccc1NC(C)CCc1ccccc1. The lowest BCUT2D eigenvalue weighted by Gasteiger charge is -2.18. The predicted octanol–water partition coefficient (Wildman–Crippen LogP) is 3.06. The first-order chi connectivity index (χ1) is 10.6. The monoisotopic (exact) mass is 297 g/mol. The predicted molar refractivity (Wildman–Crippen MR) is 92.1 cm³/mol. The molecular weight excluding hydrogens is 274 g/mol. The van der Waals surface area contributed by atoms with E-state index in [1.807, 2.05) is 12.1 Å². The van der Waals surface area contributed by atoms with Crippen LogP contribution in [0.25, 0.3) is 0 Å². The molecule has 4 N–H and O–H groups in total. The zero-order valence-corrected chi connectivity index (χ0v) is 13.1. The number of anilines is 2. The van der Waals surface area contributed by atoms with Crippen LogP contribution in [0.3, 0.4) is 0 Å². The Morgan fingerprint density at radius 3 is 2.59 bits per heavy atom. The minimum Gasteiger partial charge on any atom is -0.399 e. The van der Waals surface area contributed by atoms with Crippen molar-refractivity contribution in [2.75, 3.05) is 18.1 Å². The number of benzene rings is 2. The van der Waals surface area contributed by atoms with E-state index in [0.29, 0.717) is 11.3 Å². The number of rotatable bonds is 6. The van der Waals surface area contributed by atoms with Gasteiger partial charge in [-0.05, 0) is 43.5 Å². The molecule has 0 aliphatic carbocycles. The minimum absolute atomic E-state index is 0.134. The molecular formula is C18H23N3O. The summed E-state index contributed by atoms with van der Waals surface area (Å²) in [5, 5.41) is 6.05. The van der Waals surface area contributed by atoms with Crippen LogP contribution in [0.1, 0.15) is 29.3 Å². The third-order valence-electron chi connectivity index (χ3n) is 3.63. The molecule has 4 heteroatoms. The van der Waals surface area contributed by atoms with Crippen molar-refractivity contribution in [2.45, 2.75) is 25.8 Å². The zero-order valence-electron chi connectivity index (χ0n) is 13.1. The highest BCUT2D eigenvalue weighted by atomic mass is 16.1. The summed E-state index contributed by atoms with van der Waals surface area (Å²) < 4.78 is 0. The molecule has 0 spiro atoms. The van der Waals surface area contributed by atoms with Gasteiger partial charge < -0.3 is 16.4 Å². The van der Waals surface area contributed by atoms with Crippen molar-refractivity contribution in [1.82, 2.24) is 5.32 Å². The number of nitrogens with one attached hydrogen (secondary N) is 2. The van der Waals surface area contributed by atoms with E-state index in [-0.39, 0.29) is 11.9 Å². The third-order valence-corrected chi connectivity index (χ3v) is 3.63. The molecule has 2 rings (SSSR count). The van der Waals surface area contributed by atoms with Crippen LogP contribution < -0.4 is 16.4 Å². The summed E-state index contributed by atoms with van der Waals surface area (Å²) in [5.74, 6) is -0.134. The second kappa shape index (κ2) is 7.50. The Morgan fingerprint density at radius 2 is 1.91 bits per heavy atom. The van der Waals surface area contributed by atoms with Gasteiger partial charge in [0.1, 0.15) is 0 Å². The zero-order chi connectivity index (χ0) is 15.9. The normalized spacial score (nSPS) is 11.7. The van der Waals surface area contributed by atoms with Gasteiger partial charge in [0.25, 0.3) is 5.91 Å². The van der Waals surface area contributed by atoms with Crippen LogP contribution in [0.15, 0.2) is 48.5 Å². The van der Waals surface area contributed by atoms with Crippen LogP contribution >= 0.6 is 0 Å². The maximum absolute atomic E-state index is 11.9. The number of carbonyl (C=O) groups is 1. The van der Waals surface area contributed by atoms with Gasteiger partial charge in [-0.15, -0.1) is 0 Å². The lowest BCUT2D eigenvalue weighted by Crippen LogP contribution is -2.23. The van der Waals surface area contributed by atoms with Crippen molar-refractivity contribution in [3.63, 3.8) is 0 Å². The Balaban J connectivity index is 2.02. The van der Waals surface area contributed by atoms with Gasteiger partial charge in [0.2, 0.25) is 0 Å². The van der Waals surface area contributed by atoms with Crippen molar-refractivity contribution in [1.29, 1.82) is 0 Å². The molecule has 0 fully saturated rings. The fourth-order valence-corrected chi connectivity index (χ4v) is 2.38. The van der Waals surface area contributed by atoms with Gasteiger partial charge in [-0.1, -0.05) is 30.3 Å². The molecule has 0 aliphatic rings. The number of hydrogen-bond acceptors (Lipinski definition) is 3. The molecule has 1 amide bonds. The molecule has 0 aromatic heterocycles. The Morgan fingerprint density at radius 1 is 1.18 bits per heavy atom. The van der Waals surface area contributed by atoms with Crippen molar-refractivity contribution >= 4 is 17.3 Å². The summed E-state index contributed by atoms with van der Waals surface area (Å²) >= 11 is 0. The fourth-order valence-electron chi connectivity index (χ4n) is 2.38. The summed E-state index contributed by atoms with van der Waals surface area (Å²) in [7, 11) is 1.62. The van der Waals surface area contributed by atoms with E-state index in [4.69, 9.17) is 5.73 Å². The summed E-state index contributed by atoms with van der Waals surface area (Å²) in [4.78, 5) is 11.9. The third kappa shape index (κ3) is 4.25. The van der Waals surface area contributed by atoms with Crippen LogP contribution in [0.2, 0.25) is 0 Å². The lowest BCUT2D eigenvalue weighted by atomic mass is 10.0. The van der Waals surface area contributed by atoms with Gasteiger partial charge in [-0.3, -0.25) is 4.79 Å². The molecule has 1 atom stereocenters. The van der Waals surface area contributed by atoms with E-state index in [9.17, 15) is 4.79 Å². The van der Waals surface area contributed by atoms with Gasteiger partial charge in [-0.2, -0.15) is 0 Å². The Bertz CT molecular complexity index is 625. The fraction of sp³-hybridized carbons (Fsp3) is 0.278. The van der Waals surface area contributed by atoms with Crippen LogP contribution in [0.5, 0.6) is 0 Å². The van der Waals surface area contributed by atoms with E-state index in [1.54, 1.807) is 19.2 Å². The van der Waals surface area contributed by atoms with Crippen LogP contribution in [-0.4, -0.2) is 19.0 Å². The van der Waals surface area contributed by atoms with Crippen molar-refractivity contribution in [2.24, 2.45) is 0 Å². The molecule has 4 nitrogen and oxygen atoms in total. The van der Waals surface area contributed by atoms with Gasteiger partial charge in [0.05, 0.1) is 5.56 Å². The van der Waals surface area contributed by atoms with E-state index in [0.717, 1.165) is 18.5 Å². The lowest BCUT2D eigenvalue weighted by molar-refractivity contribution is 0.0964. The second-order valence-electron chi connectivity index (χ2n) is 5.45. The number of hydrogen-bond donors (Lipinski definition) is 3. The summed E-state index contributed by atoms with van der Waals surface area (Å²) in [6.07, 6.45) is 1.99. The molecule has 0 saturated heterocycles. The van der Waals surface area contributed by atoms with Crippen LogP contribution in [0.4, 0.5) is 11.4 Å². The number of amides is 1. The first kappa shape index (κ1) is 15.9. The minimum atomic E-state index is -0.134. The standard InChI is InChI=1S/C18H23N3O/c1-13(8-9-14-6-4-3-5-7-14)21-17-11-10-15(19)12-16(17)18(22)20-2/h3-7,10-13,21H,8-9,19H2,1-2H3,(H,20,22). The van der Waals surface area contributed by atoms with Gasteiger partial charge in [0.15, 0.2) is 0 Å². The highest BCUT2D eigenvalue weighted by Crippen LogP contribution is 2.20. The Hall–Kier alpha value is -2.49. The smallest absolute Gasteiger partial charge is 0.253 e. The molecule has 0 radical (unpaired) electrons. The number of nitrogens with two attached hydrogens (primary N) is 1. The summed E-state index contributed by atoms with van der Waals surface area (Å²) in [6, 6.07) is 16.0. The first-order valence-electron chi connectivity index (χ1n) is 7.52. The molecule has 2 aromatic rings. The highest BCUT2D eigenvalue weighted by Gasteiger charge is 2.12. The molecule has 0 bridgehead atoms.